The summed E-state index contributed by atoms with van der Waals surface area (Å²) in [6, 6.07) is 6.47. The van der Waals surface area contributed by atoms with Crippen LogP contribution in [0.3, 0.4) is 0 Å². The third-order valence-electron chi connectivity index (χ3n) is 3.38. The van der Waals surface area contributed by atoms with Gasteiger partial charge in [-0.15, -0.1) is 0 Å². The minimum Gasteiger partial charge on any atom is -0.492 e. The molecule has 0 heterocycles. The zero-order chi connectivity index (χ0) is 13.2. The highest BCUT2D eigenvalue weighted by Gasteiger charge is 2.30. The van der Waals surface area contributed by atoms with Crippen LogP contribution in [-0.2, 0) is 9.84 Å². The second-order valence-electron chi connectivity index (χ2n) is 5.10. The Bertz CT molecular complexity index is 502. The summed E-state index contributed by atoms with van der Waals surface area (Å²) in [5.41, 5.74) is 5.97. The fourth-order valence-electron chi connectivity index (χ4n) is 2.23. The highest BCUT2D eigenvalue weighted by Crippen LogP contribution is 2.28. The van der Waals surface area contributed by atoms with E-state index in [4.69, 9.17) is 10.5 Å². The van der Waals surface area contributed by atoms with Gasteiger partial charge in [0.15, 0.2) is 9.84 Å². The van der Waals surface area contributed by atoms with Crippen molar-refractivity contribution in [2.75, 3.05) is 12.9 Å². The summed E-state index contributed by atoms with van der Waals surface area (Å²) in [6.45, 7) is 0.491. The van der Waals surface area contributed by atoms with Gasteiger partial charge in [-0.05, 0) is 37.1 Å². The molecule has 2 rings (SSSR count). The molecule has 0 amide bonds. The summed E-state index contributed by atoms with van der Waals surface area (Å²) in [4.78, 5) is 0.304. The molecule has 0 spiro atoms. The maximum Gasteiger partial charge on any atom is 0.175 e. The van der Waals surface area contributed by atoms with Crippen LogP contribution in [0.5, 0.6) is 5.75 Å². The van der Waals surface area contributed by atoms with Gasteiger partial charge in [-0.25, -0.2) is 8.42 Å². The lowest BCUT2D eigenvalue weighted by Crippen LogP contribution is -2.42. The van der Waals surface area contributed by atoms with Crippen molar-refractivity contribution in [3.63, 3.8) is 0 Å². The van der Waals surface area contributed by atoms with E-state index in [9.17, 15) is 8.42 Å². The molecule has 1 fully saturated rings. The van der Waals surface area contributed by atoms with E-state index in [1.807, 2.05) is 0 Å². The molecule has 1 saturated carbocycles. The smallest absolute Gasteiger partial charge is 0.175 e. The van der Waals surface area contributed by atoms with Crippen LogP contribution in [0.1, 0.15) is 25.7 Å². The van der Waals surface area contributed by atoms with Crippen molar-refractivity contribution < 1.29 is 13.2 Å². The number of sulfone groups is 1. The van der Waals surface area contributed by atoms with Gasteiger partial charge in [-0.3, -0.25) is 0 Å². The third-order valence-corrected chi connectivity index (χ3v) is 4.51. The summed E-state index contributed by atoms with van der Waals surface area (Å²) in [7, 11) is -3.14. The Balaban J connectivity index is 1.98. The molecule has 1 aliphatic carbocycles. The summed E-state index contributed by atoms with van der Waals surface area (Å²) in [5, 5.41) is 0. The first-order valence-electron chi connectivity index (χ1n) is 6.11. The summed E-state index contributed by atoms with van der Waals surface area (Å²) >= 11 is 0. The third kappa shape index (κ3) is 3.23. The Labute approximate surface area is 108 Å². The predicted octanol–water partition coefficient (Wildman–Crippen LogP) is 1.74. The molecular weight excluding hydrogens is 250 g/mol. The summed E-state index contributed by atoms with van der Waals surface area (Å²) < 4.78 is 28.2. The highest BCUT2D eigenvalue weighted by molar-refractivity contribution is 7.90. The van der Waals surface area contributed by atoms with Gasteiger partial charge in [-0.2, -0.15) is 0 Å². The molecular formula is C13H19NO3S. The normalized spacial score (nSPS) is 18.8. The predicted molar refractivity (Wildman–Crippen MR) is 70.4 cm³/mol. The van der Waals surface area contributed by atoms with Crippen LogP contribution in [-0.4, -0.2) is 26.8 Å². The fraction of sp³-hybridized carbons (Fsp3) is 0.538. The fourth-order valence-corrected chi connectivity index (χ4v) is 2.86. The molecule has 0 atom stereocenters. The van der Waals surface area contributed by atoms with Gasteiger partial charge in [0.2, 0.25) is 0 Å². The lowest BCUT2D eigenvalue weighted by molar-refractivity contribution is 0.220. The molecule has 18 heavy (non-hydrogen) atoms. The Hall–Kier alpha value is -1.07. The van der Waals surface area contributed by atoms with Gasteiger partial charge in [0, 0.05) is 6.26 Å². The van der Waals surface area contributed by atoms with Crippen molar-refractivity contribution in [2.24, 2.45) is 5.73 Å². The van der Waals surface area contributed by atoms with E-state index in [-0.39, 0.29) is 5.54 Å². The molecule has 0 radical (unpaired) electrons. The number of ether oxygens (including phenoxy) is 1. The molecule has 4 nitrogen and oxygen atoms in total. The van der Waals surface area contributed by atoms with Crippen LogP contribution in [0.2, 0.25) is 0 Å². The Kier molecular flexibility index (Phi) is 3.64. The van der Waals surface area contributed by atoms with E-state index in [1.165, 1.54) is 6.26 Å². The number of rotatable bonds is 4. The second-order valence-corrected chi connectivity index (χ2v) is 7.12. The Morgan fingerprint density at radius 2 is 1.78 bits per heavy atom. The van der Waals surface area contributed by atoms with Gasteiger partial charge in [-0.1, -0.05) is 12.8 Å². The zero-order valence-corrected chi connectivity index (χ0v) is 11.4. The number of hydrogen-bond donors (Lipinski definition) is 1. The molecule has 100 valence electrons. The maximum absolute atomic E-state index is 11.3. The average Bonchev–Trinajstić information content (AvgIpc) is 2.74. The lowest BCUT2D eigenvalue weighted by atomic mass is 10.0. The standard InChI is InChI=1S/C13H19NO3S/c1-18(15,16)12-6-4-11(5-7-12)17-10-13(14)8-2-3-9-13/h4-7H,2-3,8-10,14H2,1H3. The Morgan fingerprint density at radius 3 is 2.28 bits per heavy atom. The molecule has 2 N–H and O–H groups in total. The van der Waals surface area contributed by atoms with Crippen molar-refractivity contribution in [1.29, 1.82) is 0 Å². The molecule has 0 aliphatic heterocycles. The molecule has 1 aromatic rings. The highest BCUT2D eigenvalue weighted by atomic mass is 32.2. The van der Waals surface area contributed by atoms with Crippen LogP contribution in [0.25, 0.3) is 0 Å². The quantitative estimate of drug-likeness (QED) is 0.904. The van der Waals surface area contributed by atoms with E-state index in [0.717, 1.165) is 25.7 Å². The summed E-state index contributed by atoms with van der Waals surface area (Å²) in [5.74, 6) is 0.666. The SMILES string of the molecule is CS(=O)(=O)c1ccc(OCC2(N)CCCC2)cc1. The van der Waals surface area contributed by atoms with Crippen molar-refractivity contribution in [3.8, 4) is 5.75 Å². The molecule has 5 heteroatoms. The van der Waals surface area contributed by atoms with Crippen LogP contribution in [0.4, 0.5) is 0 Å². The van der Waals surface area contributed by atoms with Crippen LogP contribution >= 0.6 is 0 Å². The average molecular weight is 269 g/mol. The molecule has 0 bridgehead atoms. The summed E-state index contributed by atoms with van der Waals surface area (Å²) in [6.07, 6.45) is 5.50. The zero-order valence-electron chi connectivity index (χ0n) is 10.6. The number of benzene rings is 1. The monoisotopic (exact) mass is 269 g/mol. The van der Waals surface area contributed by atoms with Gasteiger partial charge in [0.05, 0.1) is 10.4 Å². The molecule has 0 aromatic heterocycles. The molecule has 0 saturated heterocycles. The first kappa shape index (κ1) is 13.4. The number of hydrogen-bond acceptors (Lipinski definition) is 4. The van der Waals surface area contributed by atoms with Gasteiger partial charge in [0.25, 0.3) is 0 Å². The van der Waals surface area contributed by atoms with Crippen LogP contribution < -0.4 is 10.5 Å². The van der Waals surface area contributed by atoms with E-state index in [1.54, 1.807) is 24.3 Å². The van der Waals surface area contributed by atoms with E-state index in [0.29, 0.717) is 17.3 Å². The van der Waals surface area contributed by atoms with E-state index in [2.05, 4.69) is 0 Å². The minimum atomic E-state index is -3.14. The molecule has 1 aromatic carbocycles. The largest absolute Gasteiger partial charge is 0.492 e. The van der Waals surface area contributed by atoms with Gasteiger partial charge < -0.3 is 10.5 Å². The molecule has 1 aliphatic rings. The van der Waals surface area contributed by atoms with Crippen LogP contribution in [0.15, 0.2) is 29.2 Å². The van der Waals surface area contributed by atoms with Crippen molar-refractivity contribution >= 4 is 9.84 Å². The van der Waals surface area contributed by atoms with Crippen molar-refractivity contribution in [1.82, 2.24) is 0 Å². The van der Waals surface area contributed by atoms with Crippen molar-refractivity contribution in [2.45, 2.75) is 36.1 Å². The first-order chi connectivity index (χ1) is 8.39. The second kappa shape index (κ2) is 4.90. The van der Waals surface area contributed by atoms with Gasteiger partial charge in [0.1, 0.15) is 12.4 Å². The maximum atomic E-state index is 11.3. The number of nitrogens with two attached hydrogens (primary N) is 1. The van der Waals surface area contributed by atoms with Gasteiger partial charge >= 0.3 is 0 Å². The topological polar surface area (TPSA) is 69.4 Å². The van der Waals surface area contributed by atoms with E-state index >= 15 is 0 Å². The molecule has 0 unspecified atom stereocenters. The van der Waals surface area contributed by atoms with E-state index < -0.39 is 9.84 Å². The first-order valence-corrected chi connectivity index (χ1v) is 8.00. The Morgan fingerprint density at radius 1 is 1.22 bits per heavy atom. The van der Waals surface area contributed by atoms with Crippen molar-refractivity contribution in [3.05, 3.63) is 24.3 Å². The minimum absolute atomic E-state index is 0.213. The lowest BCUT2D eigenvalue weighted by Gasteiger charge is -2.23. The van der Waals surface area contributed by atoms with Crippen LogP contribution in [0, 0.1) is 0 Å².